The topological polar surface area (TPSA) is 47.3 Å². The molecule has 0 amide bonds. The number of nitrogens with zero attached hydrogens (tertiary/aromatic N) is 2. The lowest BCUT2D eigenvalue weighted by Gasteiger charge is -2.24. The van der Waals surface area contributed by atoms with Crippen molar-refractivity contribution in [2.75, 3.05) is 0 Å². The fourth-order valence-electron chi connectivity index (χ4n) is 4.62. The second-order valence-electron chi connectivity index (χ2n) is 9.38. The highest BCUT2D eigenvalue weighted by Crippen LogP contribution is 2.48. The molecule has 4 nitrogen and oxygen atoms in total. The van der Waals surface area contributed by atoms with E-state index in [-0.39, 0.29) is 28.1 Å². The Hall–Kier alpha value is -4.44. The molecule has 42 heavy (non-hydrogen) atoms. The molecule has 4 aromatic carbocycles. The van der Waals surface area contributed by atoms with E-state index in [0.29, 0.717) is 11.1 Å². The third-order valence-corrected chi connectivity index (χ3v) is 6.93. The van der Waals surface area contributed by atoms with Crippen LogP contribution in [0.3, 0.4) is 0 Å². The van der Waals surface area contributed by atoms with Gasteiger partial charge < -0.3 is 9.84 Å². The smallest absolute Gasteiger partial charge is 0.435 e. The Bertz CT molecular complexity index is 1680. The maximum absolute atomic E-state index is 13.8. The zero-order valence-corrected chi connectivity index (χ0v) is 22.5. The molecular weight excluding hydrogens is 582 g/mol. The van der Waals surface area contributed by atoms with Gasteiger partial charge in [-0.25, -0.2) is 0 Å². The second kappa shape index (κ2) is 11.1. The molecule has 216 valence electrons. The first-order valence-corrected chi connectivity index (χ1v) is 12.8. The van der Waals surface area contributed by atoms with Gasteiger partial charge in [-0.05, 0) is 47.0 Å². The summed E-state index contributed by atoms with van der Waals surface area (Å²) in [6.07, 6.45) is -10.3. The van der Waals surface area contributed by atoms with Crippen LogP contribution in [0.5, 0.6) is 11.5 Å². The van der Waals surface area contributed by atoms with Gasteiger partial charge in [0, 0.05) is 12.6 Å². The molecule has 0 aliphatic rings. The van der Waals surface area contributed by atoms with E-state index in [1.807, 2.05) is 36.4 Å². The van der Waals surface area contributed by atoms with E-state index < -0.39 is 40.5 Å². The van der Waals surface area contributed by atoms with Crippen molar-refractivity contribution in [1.29, 1.82) is 0 Å². The lowest BCUT2D eigenvalue weighted by molar-refractivity contribution is -0.141. The second-order valence-corrected chi connectivity index (χ2v) is 9.79. The first-order chi connectivity index (χ1) is 19.8. The van der Waals surface area contributed by atoms with Crippen LogP contribution in [0.4, 0.5) is 26.3 Å². The van der Waals surface area contributed by atoms with Crippen molar-refractivity contribution in [1.82, 2.24) is 9.78 Å². The SMILES string of the molecule is Cn1nc(C(F)(F)F)cc1-c1ccc(OC(c2ccccc2)c2ccccc2)c(-c2ccc(Cl)c(C(F)(F)F)c2)c1O. The van der Waals surface area contributed by atoms with E-state index in [2.05, 4.69) is 5.10 Å². The Morgan fingerprint density at radius 1 is 0.786 bits per heavy atom. The number of rotatable bonds is 6. The van der Waals surface area contributed by atoms with Crippen LogP contribution in [0.1, 0.15) is 28.5 Å². The van der Waals surface area contributed by atoms with Crippen LogP contribution in [0.15, 0.2) is 97.1 Å². The summed E-state index contributed by atoms with van der Waals surface area (Å²) < 4.78 is 89.0. The fourth-order valence-corrected chi connectivity index (χ4v) is 4.85. The molecule has 5 aromatic rings. The van der Waals surface area contributed by atoms with Gasteiger partial charge in [0.2, 0.25) is 0 Å². The number of aromatic hydroxyl groups is 1. The molecule has 0 saturated carbocycles. The highest BCUT2D eigenvalue weighted by atomic mass is 35.5. The minimum Gasteiger partial charge on any atom is -0.506 e. The summed E-state index contributed by atoms with van der Waals surface area (Å²) >= 11 is 5.85. The number of benzene rings is 4. The number of aromatic nitrogens is 2. The van der Waals surface area contributed by atoms with Crippen LogP contribution in [0.25, 0.3) is 22.4 Å². The predicted molar refractivity (Wildman–Crippen MR) is 146 cm³/mol. The number of hydrogen-bond donors (Lipinski definition) is 1. The molecule has 0 fully saturated rings. The maximum Gasteiger partial charge on any atom is 0.435 e. The summed E-state index contributed by atoms with van der Waals surface area (Å²) in [6, 6.07) is 24.6. The highest BCUT2D eigenvalue weighted by molar-refractivity contribution is 6.31. The Morgan fingerprint density at radius 2 is 1.38 bits per heavy atom. The minimum absolute atomic E-state index is 0.0115. The zero-order valence-electron chi connectivity index (χ0n) is 21.7. The van der Waals surface area contributed by atoms with E-state index in [1.54, 1.807) is 24.3 Å². The van der Waals surface area contributed by atoms with E-state index in [0.717, 1.165) is 22.9 Å². The number of phenolic OH excluding ortho intramolecular Hbond substituents is 1. The molecule has 0 aliphatic carbocycles. The van der Waals surface area contributed by atoms with Gasteiger partial charge in [-0.1, -0.05) is 78.3 Å². The molecule has 1 heterocycles. The molecule has 0 spiro atoms. The molecule has 0 saturated heterocycles. The summed E-state index contributed by atoms with van der Waals surface area (Å²) in [5.74, 6) is -0.609. The van der Waals surface area contributed by atoms with Crippen LogP contribution >= 0.6 is 11.6 Å². The average molecular weight is 603 g/mol. The van der Waals surface area contributed by atoms with E-state index in [1.165, 1.54) is 25.2 Å². The summed E-state index contributed by atoms with van der Waals surface area (Å²) in [5.41, 5.74) is -1.40. The van der Waals surface area contributed by atoms with E-state index in [4.69, 9.17) is 16.3 Å². The fraction of sp³-hybridized carbons (Fsp3) is 0.129. The first-order valence-electron chi connectivity index (χ1n) is 12.5. The van der Waals surface area contributed by atoms with Gasteiger partial charge in [0.05, 0.1) is 21.8 Å². The largest absolute Gasteiger partial charge is 0.506 e. The molecule has 1 aromatic heterocycles. The molecule has 0 aliphatic heterocycles. The Morgan fingerprint density at radius 3 is 1.90 bits per heavy atom. The normalized spacial score (nSPS) is 12.1. The average Bonchev–Trinajstić information content (AvgIpc) is 3.34. The van der Waals surface area contributed by atoms with Crippen molar-refractivity contribution in [3.05, 3.63) is 124 Å². The van der Waals surface area contributed by atoms with E-state index >= 15 is 0 Å². The van der Waals surface area contributed by atoms with Gasteiger partial charge >= 0.3 is 12.4 Å². The number of halogens is 7. The molecule has 0 radical (unpaired) electrons. The van der Waals surface area contributed by atoms with Gasteiger partial charge in [0.15, 0.2) is 5.69 Å². The zero-order chi connectivity index (χ0) is 30.2. The number of phenols is 1. The Kier molecular flexibility index (Phi) is 7.68. The molecule has 0 unspecified atom stereocenters. The lowest BCUT2D eigenvalue weighted by Crippen LogP contribution is -2.10. The lowest BCUT2D eigenvalue weighted by atomic mass is 9.96. The predicted octanol–water partition coefficient (Wildman–Crippen LogP) is 9.32. The van der Waals surface area contributed by atoms with Crippen molar-refractivity contribution in [2.45, 2.75) is 18.5 Å². The van der Waals surface area contributed by atoms with Crippen LogP contribution in [-0.2, 0) is 19.4 Å². The molecule has 11 heteroatoms. The van der Waals surface area contributed by atoms with Crippen molar-refractivity contribution >= 4 is 11.6 Å². The van der Waals surface area contributed by atoms with Crippen LogP contribution < -0.4 is 4.74 Å². The first kappa shape index (κ1) is 29.1. The third-order valence-electron chi connectivity index (χ3n) is 6.60. The monoisotopic (exact) mass is 602 g/mol. The van der Waals surface area contributed by atoms with Crippen molar-refractivity contribution < 1.29 is 36.2 Å². The van der Waals surface area contributed by atoms with E-state index in [9.17, 15) is 31.4 Å². The highest BCUT2D eigenvalue weighted by Gasteiger charge is 2.36. The number of hydrogen-bond acceptors (Lipinski definition) is 3. The Balaban J connectivity index is 1.74. The molecule has 5 rings (SSSR count). The maximum atomic E-state index is 13.8. The van der Waals surface area contributed by atoms with Crippen LogP contribution in [-0.4, -0.2) is 14.9 Å². The van der Waals surface area contributed by atoms with Gasteiger partial charge in [-0.3, -0.25) is 4.68 Å². The molecule has 1 N–H and O–H groups in total. The van der Waals surface area contributed by atoms with Crippen LogP contribution in [0, 0.1) is 0 Å². The number of aryl methyl sites for hydroxylation is 1. The minimum atomic E-state index is -4.82. The molecule has 0 atom stereocenters. The van der Waals surface area contributed by atoms with Gasteiger partial charge in [-0.2, -0.15) is 31.4 Å². The van der Waals surface area contributed by atoms with Gasteiger partial charge in [0.1, 0.15) is 17.6 Å². The van der Waals surface area contributed by atoms with Gasteiger partial charge in [0.25, 0.3) is 0 Å². The number of ether oxygens (including phenoxy) is 1. The summed E-state index contributed by atoms with van der Waals surface area (Å²) in [4.78, 5) is 0. The van der Waals surface area contributed by atoms with Crippen molar-refractivity contribution in [3.8, 4) is 33.9 Å². The summed E-state index contributed by atoms with van der Waals surface area (Å²) in [7, 11) is 1.26. The molecular formula is C31H21ClF6N2O2. The van der Waals surface area contributed by atoms with Gasteiger partial charge in [-0.15, -0.1) is 0 Å². The van der Waals surface area contributed by atoms with Crippen molar-refractivity contribution in [3.63, 3.8) is 0 Å². The Labute approximate surface area is 241 Å². The standard InChI is InChI=1S/C31H21ClF6N2O2/c1-40-24(17-26(39-40)31(36,37)38)21-13-15-25(27(28(21)41)20-12-14-23(32)22(16-20)30(33,34)35)42-29(18-8-4-2-5-9-18)19-10-6-3-7-11-19/h2-17,29,41H,1H3. The van der Waals surface area contributed by atoms with Crippen molar-refractivity contribution in [2.24, 2.45) is 7.05 Å². The number of alkyl halides is 6. The quantitative estimate of drug-likeness (QED) is 0.197. The van der Waals surface area contributed by atoms with Crippen LogP contribution in [0.2, 0.25) is 5.02 Å². The third kappa shape index (κ3) is 5.80. The summed E-state index contributed by atoms with van der Waals surface area (Å²) in [6.45, 7) is 0. The summed E-state index contributed by atoms with van der Waals surface area (Å²) in [5, 5.41) is 14.4. The molecule has 0 bridgehead atoms.